The van der Waals surface area contributed by atoms with Crippen molar-refractivity contribution < 1.29 is 13.2 Å². The highest BCUT2D eigenvalue weighted by Crippen LogP contribution is 2.33. The number of thiophene rings is 1. The zero-order chi connectivity index (χ0) is 19.6. The van der Waals surface area contributed by atoms with Crippen LogP contribution in [0.3, 0.4) is 0 Å². The molecule has 0 bridgehead atoms. The Kier molecular flexibility index (Phi) is 5.65. The Morgan fingerprint density at radius 2 is 2.00 bits per heavy atom. The summed E-state index contributed by atoms with van der Waals surface area (Å²) >= 11 is 1.37. The van der Waals surface area contributed by atoms with E-state index in [1.165, 1.54) is 15.6 Å². The lowest BCUT2D eigenvalue weighted by Gasteiger charge is -2.31. The molecule has 0 unspecified atom stereocenters. The number of rotatable bonds is 4. The first-order valence-electron chi connectivity index (χ1n) is 8.70. The van der Waals surface area contributed by atoms with Gasteiger partial charge in [0.2, 0.25) is 15.9 Å². The lowest BCUT2D eigenvalue weighted by Crippen LogP contribution is -2.43. The number of aryl methyl sites for hydroxylation is 1. The van der Waals surface area contributed by atoms with Gasteiger partial charge >= 0.3 is 0 Å². The number of carbonyl (C=O) groups is 1. The summed E-state index contributed by atoms with van der Waals surface area (Å²) in [6.07, 6.45) is 1.25. The molecule has 1 fully saturated rings. The number of nitriles is 1. The average molecular weight is 404 g/mol. The van der Waals surface area contributed by atoms with Crippen molar-refractivity contribution in [1.82, 2.24) is 4.31 Å². The van der Waals surface area contributed by atoms with Gasteiger partial charge in [-0.3, -0.25) is 4.79 Å². The van der Waals surface area contributed by atoms with Crippen LogP contribution in [0.25, 0.3) is 0 Å². The lowest BCUT2D eigenvalue weighted by atomic mass is 9.99. The molecule has 27 heavy (non-hydrogen) atoms. The Labute approximate surface area is 163 Å². The van der Waals surface area contributed by atoms with E-state index >= 15 is 0 Å². The van der Waals surface area contributed by atoms with Gasteiger partial charge in [-0.15, -0.1) is 11.3 Å². The molecule has 0 saturated carbocycles. The minimum atomic E-state index is -3.61. The third-order valence-corrected chi connectivity index (χ3v) is 7.87. The van der Waals surface area contributed by atoms with E-state index in [0.717, 1.165) is 10.4 Å². The Balaban J connectivity index is 1.76. The normalized spacial score (nSPS) is 18.0. The van der Waals surface area contributed by atoms with Gasteiger partial charge in [-0.2, -0.15) is 9.57 Å². The molecule has 1 aliphatic rings. The third-order valence-electron chi connectivity index (χ3n) is 4.87. The van der Waals surface area contributed by atoms with Crippen LogP contribution in [0.4, 0.5) is 5.00 Å². The molecule has 8 heteroatoms. The molecule has 1 amide bonds. The Hall–Kier alpha value is -2.21. The summed E-state index contributed by atoms with van der Waals surface area (Å²) in [6.45, 7) is 4.32. The van der Waals surface area contributed by atoms with Gasteiger partial charge < -0.3 is 5.32 Å². The van der Waals surface area contributed by atoms with Crippen LogP contribution in [0, 0.1) is 31.1 Å². The molecule has 1 atom stereocenters. The maximum absolute atomic E-state index is 12.8. The molecule has 1 aliphatic heterocycles. The van der Waals surface area contributed by atoms with Gasteiger partial charge in [0, 0.05) is 18.0 Å². The molecule has 2 heterocycles. The highest BCUT2D eigenvalue weighted by Gasteiger charge is 2.33. The van der Waals surface area contributed by atoms with Crippen molar-refractivity contribution in [2.24, 2.45) is 5.92 Å². The second-order valence-corrected chi connectivity index (χ2v) is 9.77. The zero-order valence-electron chi connectivity index (χ0n) is 15.2. The minimum Gasteiger partial charge on any atom is -0.316 e. The van der Waals surface area contributed by atoms with Gasteiger partial charge in [0.05, 0.1) is 16.4 Å². The van der Waals surface area contributed by atoms with Gasteiger partial charge in [0.15, 0.2) is 0 Å². The highest BCUT2D eigenvalue weighted by atomic mass is 32.2. The molecule has 1 aromatic heterocycles. The van der Waals surface area contributed by atoms with E-state index in [0.29, 0.717) is 30.0 Å². The van der Waals surface area contributed by atoms with Crippen molar-refractivity contribution in [2.45, 2.75) is 31.6 Å². The van der Waals surface area contributed by atoms with Crippen molar-refractivity contribution in [3.63, 3.8) is 0 Å². The molecule has 142 valence electrons. The topological polar surface area (TPSA) is 90.3 Å². The second kappa shape index (κ2) is 7.80. The smallest absolute Gasteiger partial charge is 0.243 e. The molecule has 0 spiro atoms. The summed E-state index contributed by atoms with van der Waals surface area (Å²) in [5, 5.41) is 12.7. The van der Waals surface area contributed by atoms with Crippen LogP contribution in [0.5, 0.6) is 0 Å². The number of amides is 1. The van der Waals surface area contributed by atoms with Crippen molar-refractivity contribution >= 4 is 32.3 Å². The van der Waals surface area contributed by atoms with Gasteiger partial charge in [0.25, 0.3) is 0 Å². The molecular weight excluding hydrogens is 382 g/mol. The number of hydrogen-bond donors (Lipinski definition) is 1. The standard InChI is InChI=1S/C19H21N3O3S2/c1-13-14(2)26-19(17(13)11-20)21-18(23)15-7-6-10-22(12-15)27(24,25)16-8-4-3-5-9-16/h3-5,8-9,15H,6-7,10,12H2,1-2H3,(H,21,23)/t15-/m1/s1. The van der Waals surface area contributed by atoms with Crippen LogP contribution < -0.4 is 5.32 Å². The van der Waals surface area contributed by atoms with Crippen molar-refractivity contribution in [1.29, 1.82) is 5.26 Å². The summed E-state index contributed by atoms with van der Waals surface area (Å²) in [4.78, 5) is 14.0. The largest absolute Gasteiger partial charge is 0.316 e. The van der Waals surface area contributed by atoms with Gasteiger partial charge in [-0.25, -0.2) is 8.42 Å². The first-order valence-corrected chi connectivity index (χ1v) is 11.0. The molecule has 1 saturated heterocycles. The van der Waals surface area contributed by atoms with E-state index in [-0.39, 0.29) is 17.3 Å². The van der Waals surface area contributed by atoms with Gasteiger partial charge in [0.1, 0.15) is 11.1 Å². The lowest BCUT2D eigenvalue weighted by molar-refractivity contribution is -0.120. The zero-order valence-corrected chi connectivity index (χ0v) is 16.9. The minimum absolute atomic E-state index is 0.147. The SMILES string of the molecule is Cc1sc(NC(=O)[C@@H]2CCCN(S(=O)(=O)c3ccccc3)C2)c(C#N)c1C. The predicted octanol–water partition coefficient (Wildman–Crippen LogP) is 3.28. The number of nitrogens with zero attached hydrogens (tertiary/aromatic N) is 2. The summed E-state index contributed by atoms with van der Waals surface area (Å²) in [5.41, 5.74) is 1.35. The number of sulfonamides is 1. The van der Waals surface area contributed by atoms with Crippen LogP contribution in [-0.4, -0.2) is 31.7 Å². The Morgan fingerprint density at radius 3 is 2.67 bits per heavy atom. The number of anilines is 1. The molecular formula is C19H21N3O3S2. The predicted molar refractivity (Wildman–Crippen MR) is 105 cm³/mol. The van der Waals surface area contributed by atoms with Crippen molar-refractivity contribution in [3.8, 4) is 6.07 Å². The molecule has 3 rings (SSSR count). The molecule has 0 radical (unpaired) electrons. The molecule has 1 N–H and O–H groups in total. The van der Waals surface area contributed by atoms with E-state index in [2.05, 4.69) is 11.4 Å². The summed E-state index contributed by atoms with van der Waals surface area (Å²) in [5.74, 6) is -0.674. The number of nitrogens with one attached hydrogen (secondary N) is 1. The monoisotopic (exact) mass is 403 g/mol. The van der Waals surface area contributed by atoms with Crippen LogP contribution in [0.2, 0.25) is 0 Å². The molecule has 2 aromatic rings. The second-order valence-electron chi connectivity index (χ2n) is 6.60. The number of piperidine rings is 1. The maximum atomic E-state index is 12.8. The molecule has 6 nitrogen and oxygen atoms in total. The van der Waals surface area contributed by atoms with Crippen LogP contribution >= 0.6 is 11.3 Å². The summed E-state index contributed by atoms with van der Waals surface area (Å²) in [7, 11) is -3.61. The van der Waals surface area contributed by atoms with E-state index in [1.54, 1.807) is 30.3 Å². The fourth-order valence-electron chi connectivity index (χ4n) is 3.18. The van der Waals surface area contributed by atoms with Crippen LogP contribution in [0.1, 0.15) is 28.8 Å². The first kappa shape index (κ1) is 19.5. The van der Waals surface area contributed by atoms with E-state index < -0.39 is 15.9 Å². The van der Waals surface area contributed by atoms with Crippen molar-refractivity contribution in [3.05, 3.63) is 46.3 Å². The number of benzene rings is 1. The first-order chi connectivity index (χ1) is 12.8. The maximum Gasteiger partial charge on any atom is 0.243 e. The molecule has 1 aromatic carbocycles. The summed E-state index contributed by atoms with van der Waals surface area (Å²) in [6, 6.07) is 10.4. The van der Waals surface area contributed by atoms with E-state index in [1.807, 2.05) is 13.8 Å². The highest BCUT2D eigenvalue weighted by molar-refractivity contribution is 7.89. The van der Waals surface area contributed by atoms with Crippen LogP contribution in [0.15, 0.2) is 35.2 Å². The number of carbonyl (C=O) groups excluding carboxylic acids is 1. The van der Waals surface area contributed by atoms with Crippen LogP contribution in [-0.2, 0) is 14.8 Å². The van der Waals surface area contributed by atoms with E-state index in [4.69, 9.17) is 0 Å². The van der Waals surface area contributed by atoms with Gasteiger partial charge in [-0.05, 0) is 44.4 Å². The van der Waals surface area contributed by atoms with Gasteiger partial charge in [-0.1, -0.05) is 18.2 Å². The fourth-order valence-corrected chi connectivity index (χ4v) is 5.74. The Morgan fingerprint density at radius 1 is 1.30 bits per heavy atom. The summed E-state index contributed by atoms with van der Waals surface area (Å²) < 4.78 is 27.0. The molecule has 0 aliphatic carbocycles. The fraction of sp³-hybridized carbons (Fsp3) is 0.368. The van der Waals surface area contributed by atoms with Crippen molar-refractivity contribution in [2.75, 3.05) is 18.4 Å². The average Bonchev–Trinajstić information content (AvgIpc) is 2.95. The Bertz CT molecular complexity index is 991. The van der Waals surface area contributed by atoms with E-state index in [9.17, 15) is 18.5 Å². The third kappa shape index (κ3) is 3.90. The quantitative estimate of drug-likeness (QED) is 0.848. The number of hydrogen-bond acceptors (Lipinski definition) is 5.